The Kier molecular flexibility index (Phi) is 4.53. The zero-order valence-corrected chi connectivity index (χ0v) is 13.0. The second-order valence-corrected chi connectivity index (χ2v) is 7.40. The fraction of sp³-hybridized carbons (Fsp3) is 0.692. The van der Waals surface area contributed by atoms with Gasteiger partial charge in [-0.15, -0.1) is 0 Å². The monoisotopic (exact) mass is 301 g/mol. The molecular formula is C13H23N3O3S. The van der Waals surface area contributed by atoms with E-state index in [2.05, 4.69) is 4.72 Å². The standard InChI is InChI=1S/C13H23N3O3S/c1-10(15(2)3)7-14-20(18,19)13-6-12(9-17)16(8-13)11-4-5-11/h6,8,10-11,14,17H,4-5,7,9H2,1-3H3. The topological polar surface area (TPSA) is 74.6 Å². The summed E-state index contributed by atoms with van der Waals surface area (Å²) in [5.74, 6) is 0. The molecule has 0 aromatic carbocycles. The van der Waals surface area contributed by atoms with Gasteiger partial charge in [0.15, 0.2) is 0 Å². The van der Waals surface area contributed by atoms with E-state index in [4.69, 9.17) is 0 Å². The maximum Gasteiger partial charge on any atom is 0.242 e. The molecule has 0 radical (unpaired) electrons. The lowest BCUT2D eigenvalue weighted by Crippen LogP contribution is -2.38. The van der Waals surface area contributed by atoms with Gasteiger partial charge in [-0.1, -0.05) is 0 Å². The van der Waals surface area contributed by atoms with Gasteiger partial charge in [-0.05, 0) is 39.9 Å². The van der Waals surface area contributed by atoms with Crippen molar-refractivity contribution >= 4 is 10.0 Å². The van der Waals surface area contributed by atoms with Crippen molar-refractivity contribution in [2.24, 2.45) is 0 Å². The van der Waals surface area contributed by atoms with E-state index >= 15 is 0 Å². The smallest absolute Gasteiger partial charge is 0.242 e. The summed E-state index contributed by atoms with van der Waals surface area (Å²) in [6.45, 7) is 2.18. The van der Waals surface area contributed by atoms with Crippen molar-refractivity contribution in [2.75, 3.05) is 20.6 Å². The number of hydrogen-bond donors (Lipinski definition) is 2. The van der Waals surface area contributed by atoms with Crippen LogP contribution in [-0.4, -0.2) is 49.7 Å². The number of nitrogens with zero attached hydrogens (tertiary/aromatic N) is 2. The second-order valence-electron chi connectivity index (χ2n) is 5.63. The van der Waals surface area contributed by atoms with Crippen LogP contribution in [0.5, 0.6) is 0 Å². The molecule has 0 amide bonds. The van der Waals surface area contributed by atoms with Crippen molar-refractivity contribution in [1.29, 1.82) is 0 Å². The highest BCUT2D eigenvalue weighted by atomic mass is 32.2. The quantitative estimate of drug-likeness (QED) is 0.771. The van der Waals surface area contributed by atoms with Crippen LogP contribution < -0.4 is 4.72 Å². The number of aliphatic hydroxyl groups excluding tert-OH is 1. The second kappa shape index (κ2) is 5.85. The average molecular weight is 301 g/mol. The predicted molar refractivity (Wildman–Crippen MR) is 77.0 cm³/mol. The molecule has 2 rings (SSSR count). The third kappa shape index (κ3) is 3.41. The molecule has 1 aliphatic rings. The highest BCUT2D eigenvalue weighted by Crippen LogP contribution is 2.37. The molecule has 1 aromatic rings. The van der Waals surface area contributed by atoms with Gasteiger partial charge in [0.25, 0.3) is 0 Å². The molecule has 7 heteroatoms. The van der Waals surface area contributed by atoms with Crippen LogP contribution in [0.2, 0.25) is 0 Å². The number of sulfonamides is 1. The molecule has 1 aliphatic carbocycles. The Balaban J connectivity index is 2.13. The lowest BCUT2D eigenvalue weighted by atomic mass is 10.3. The van der Waals surface area contributed by atoms with Gasteiger partial charge >= 0.3 is 0 Å². The summed E-state index contributed by atoms with van der Waals surface area (Å²) in [5.41, 5.74) is 0.661. The lowest BCUT2D eigenvalue weighted by Gasteiger charge is -2.19. The average Bonchev–Trinajstić information content (AvgIpc) is 3.14. The highest BCUT2D eigenvalue weighted by molar-refractivity contribution is 7.89. The van der Waals surface area contributed by atoms with Crippen LogP contribution in [0.3, 0.4) is 0 Å². The zero-order valence-electron chi connectivity index (χ0n) is 12.2. The molecule has 1 heterocycles. The zero-order chi connectivity index (χ0) is 14.9. The Labute approximate surface area is 120 Å². The Hall–Kier alpha value is -0.890. The molecule has 114 valence electrons. The van der Waals surface area contributed by atoms with Crippen molar-refractivity contribution in [3.8, 4) is 0 Å². The number of likely N-dealkylation sites (N-methyl/N-ethyl adjacent to an activating group) is 1. The molecular weight excluding hydrogens is 278 g/mol. The van der Waals surface area contributed by atoms with E-state index in [1.807, 2.05) is 30.5 Å². The van der Waals surface area contributed by atoms with Gasteiger partial charge in [0.1, 0.15) is 0 Å². The molecule has 1 atom stereocenters. The fourth-order valence-electron chi connectivity index (χ4n) is 1.96. The summed E-state index contributed by atoms with van der Waals surface area (Å²) < 4.78 is 29.0. The summed E-state index contributed by atoms with van der Waals surface area (Å²) in [5, 5.41) is 9.32. The molecule has 1 fully saturated rings. The van der Waals surface area contributed by atoms with Gasteiger partial charge in [0.2, 0.25) is 10.0 Å². The van der Waals surface area contributed by atoms with Crippen molar-refractivity contribution in [3.63, 3.8) is 0 Å². The molecule has 1 aromatic heterocycles. The highest BCUT2D eigenvalue weighted by Gasteiger charge is 2.28. The third-order valence-electron chi connectivity index (χ3n) is 3.77. The summed E-state index contributed by atoms with van der Waals surface area (Å²) in [6.07, 6.45) is 3.73. The van der Waals surface area contributed by atoms with Gasteiger partial charge in [-0.2, -0.15) is 0 Å². The Morgan fingerprint density at radius 1 is 1.50 bits per heavy atom. The van der Waals surface area contributed by atoms with Crippen LogP contribution in [0.4, 0.5) is 0 Å². The maximum atomic E-state index is 12.3. The van der Waals surface area contributed by atoms with Crippen LogP contribution in [0.15, 0.2) is 17.2 Å². The molecule has 0 bridgehead atoms. The van der Waals surface area contributed by atoms with Crippen molar-refractivity contribution in [1.82, 2.24) is 14.2 Å². The molecule has 0 aliphatic heterocycles. The summed E-state index contributed by atoms with van der Waals surface area (Å²) in [7, 11) is 0.303. The molecule has 2 N–H and O–H groups in total. The van der Waals surface area contributed by atoms with Gasteiger partial charge in [0.05, 0.1) is 11.5 Å². The number of aliphatic hydroxyl groups is 1. The molecule has 6 nitrogen and oxygen atoms in total. The number of rotatable bonds is 7. The van der Waals surface area contributed by atoms with E-state index in [9.17, 15) is 13.5 Å². The minimum Gasteiger partial charge on any atom is -0.390 e. The molecule has 0 saturated heterocycles. The SMILES string of the molecule is CC(CNS(=O)(=O)c1cc(CO)n(C2CC2)c1)N(C)C. The van der Waals surface area contributed by atoms with E-state index in [1.165, 1.54) is 0 Å². The third-order valence-corrected chi connectivity index (χ3v) is 5.16. The van der Waals surface area contributed by atoms with Gasteiger partial charge in [-0.3, -0.25) is 0 Å². The Bertz CT molecular complexity index is 561. The number of nitrogens with one attached hydrogen (secondary N) is 1. The van der Waals surface area contributed by atoms with E-state index in [0.29, 0.717) is 18.3 Å². The minimum atomic E-state index is -3.51. The first-order chi connectivity index (χ1) is 9.35. The van der Waals surface area contributed by atoms with Crippen molar-refractivity contribution in [2.45, 2.75) is 43.4 Å². The first-order valence-corrected chi connectivity index (χ1v) is 8.31. The van der Waals surface area contributed by atoms with Crippen LogP contribution in [-0.2, 0) is 16.6 Å². The van der Waals surface area contributed by atoms with Crippen LogP contribution in [0.1, 0.15) is 31.5 Å². The largest absolute Gasteiger partial charge is 0.390 e. The van der Waals surface area contributed by atoms with E-state index in [1.54, 1.807) is 12.3 Å². The summed E-state index contributed by atoms with van der Waals surface area (Å²) >= 11 is 0. The van der Waals surface area contributed by atoms with Crippen LogP contribution in [0, 0.1) is 0 Å². The van der Waals surface area contributed by atoms with E-state index < -0.39 is 10.0 Å². The molecule has 1 saturated carbocycles. The molecule has 20 heavy (non-hydrogen) atoms. The van der Waals surface area contributed by atoms with Gasteiger partial charge in [0, 0.05) is 30.5 Å². The van der Waals surface area contributed by atoms with Crippen molar-refractivity contribution in [3.05, 3.63) is 18.0 Å². The summed E-state index contributed by atoms with van der Waals surface area (Å²) in [6, 6.07) is 2.02. The minimum absolute atomic E-state index is 0.118. The first-order valence-electron chi connectivity index (χ1n) is 6.83. The summed E-state index contributed by atoms with van der Waals surface area (Å²) in [4.78, 5) is 2.19. The first kappa shape index (κ1) is 15.5. The number of aromatic nitrogens is 1. The predicted octanol–water partition coefficient (Wildman–Crippen LogP) is 0.544. The van der Waals surface area contributed by atoms with Gasteiger partial charge in [-0.25, -0.2) is 13.1 Å². The lowest BCUT2D eigenvalue weighted by molar-refractivity contribution is 0.270. The maximum absolute atomic E-state index is 12.3. The Morgan fingerprint density at radius 2 is 2.15 bits per heavy atom. The van der Waals surface area contributed by atoms with Crippen LogP contribution >= 0.6 is 0 Å². The van der Waals surface area contributed by atoms with E-state index in [-0.39, 0.29) is 17.5 Å². The molecule has 1 unspecified atom stereocenters. The number of hydrogen-bond acceptors (Lipinski definition) is 4. The Morgan fingerprint density at radius 3 is 2.65 bits per heavy atom. The normalized spacial score (nSPS) is 17.6. The van der Waals surface area contributed by atoms with Crippen LogP contribution in [0.25, 0.3) is 0 Å². The fourth-order valence-corrected chi connectivity index (χ4v) is 3.13. The van der Waals surface area contributed by atoms with E-state index in [0.717, 1.165) is 12.8 Å². The molecule has 0 spiro atoms. The van der Waals surface area contributed by atoms with Gasteiger partial charge < -0.3 is 14.6 Å². The van der Waals surface area contributed by atoms with Crippen molar-refractivity contribution < 1.29 is 13.5 Å².